The van der Waals surface area contributed by atoms with Gasteiger partial charge in [0.1, 0.15) is 0 Å². The van der Waals surface area contributed by atoms with Crippen molar-refractivity contribution >= 4 is 11.0 Å². The molecular weight excluding hydrogens is 228 g/mol. The summed E-state index contributed by atoms with van der Waals surface area (Å²) >= 11 is 0. The van der Waals surface area contributed by atoms with Crippen LogP contribution in [0.3, 0.4) is 0 Å². The molecule has 0 unspecified atom stereocenters. The summed E-state index contributed by atoms with van der Waals surface area (Å²) in [5.41, 5.74) is 2.75. The van der Waals surface area contributed by atoms with E-state index in [9.17, 15) is 4.79 Å². The monoisotopic (exact) mass is 240 g/mol. The fourth-order valence-electron chi connectivity index (χ4n) is 2.22. The second kappa shape index (κ2) is 3.35. The third kappa shape index (κ3) is 1.40. The second-order valence-electron chi connectivity index (χ2n) is 4.74. The van der Waals surface area contributed by atoms with E-state index in [0.29, 0.717) is 11.9 Å². The predicted molar refractivity (Wildman–Crippen MR) is 68.0 cm³/mol. The Bertz CT molecular complexity index is 742. The highest BCUT2D eigenvalue weighted by molar-refractivity contribution is 5.75. The first-order valence-electron chi connectivity index (χ1n) is 6.08. The molecular formula is C13H12N4O. The predicted octanol–water partition coefficient (Wildman–Crippen LogP) is 1.92. The van der Waals surface area contributed by atoms with E-state index in [4.69, 9.17) is 0 Å². The van der Waals surface area contributed by atoms with E-state index in [1.165, 1.54) is 17.5 Å². The molecule has 5 heteroatoms. The topological polar surface area (TPSA) is 66.5 Å². The van der Waals surface area contributed by atoms with Crippen molar-refractivity contribution in [2.75, 3.05) is 0 Å². The molecule has 3 aromatic rings. The maximum absolute atomic E-state index is 11.9. The molecule has 0 bridgehead atoms. The van der Waals surface area contributed by atoms with Crippen molar-refractivity contribution in [3.63, 3.8) is 0 Å². The molecule has 0 radical (unpaired) electrons. The quantitative estimate of drug-likeness (QED) is 0.718. The van der Waals surface area contributed by atoms with Crippen LogP contribution in [0.15, 0.2) is 35.1 Å². The molecule has 2 heterocycles. The van der Waals surface area contributed by atoms with Crippen molar-refractivity contribution in [3.8, 4) is 5.95 Å². The van der Waals surface area contributed by atoms with Crippen molar-refractivity contribution in [3.05, 3.63) is 46.4 Å². The smallest absolute Gasteiger partial charge is 0.274 e. The van der Waals surface area contributed by atoms with Crippen LogP contribution in [0.25, 0.3) is 17.0 Å². The molecule has 0 aliphatic heterocycles. The number of fused-ring (bicyclic) bond motifs is 1. The van der Waals surface area contributed by atoms with Gasteiger partial charge in [-0.25, -0.2) is 4.98 Å². The molecule has 1 fully saturated rings. The summed E-state index contributed by atoms with van der Waals surface area (Å²) in [6.45, 7) is 0. The van der Waals surface area contributed by atoms with Gasteiger partial charge < -0.3 is 4.98 Å². The van der Waals surface area contributed by atoms with Crippen LogP contribution in [0.5, 0.6) is 0 Å². The van der Waals surface area contributed by atoms with Gasteiger partial charge in [0.2, 0.25) is 5.95 Å². The summed E-state index contributed by atoms with van der Waals surface area (Å²) in [6, 6.07) is 9.41. The maximum Gasteiger partial charge on any atom is 0.274 e. The molecule has 1 aliphatic carbocycles. The summed E-state index contributed by atoms with van der Waals surface area (Å²) in [4.78, 5) is 19.5. The molecule has 0 amide bonds. The summed E-state index contributed by atoms with van der Waals surface area (Å²) in [6.07, 6.45) is 2.33. The van der Waals surface area contributed by atoms with Crippen LogP contribution < -0.4 is 5.56 Å². The Balaban J connectivity index is 1.88. The molecule has 18 heavy (non-hydrogen) atoms. The molecule has 0 atom stereocenters. The van der Waals surface area contributed by atoms with E-state index in [1.54, 1.807) is 6.07 Å². The van der Waals surface area contributed by atoms with Crippen molar-refractivity contribution < 1.29 is 0 Å². The van der Waals surface area contributed by atoms with E-state index < -0.39 is 0 Å². The minimum atomic E-state index is -0.0593. The first-order valence-corrected chi connectivity index (χ1v) is 6.08. The number of aromatic amines is 2. The molecule has 0 spiro atoms. The number of para-hydroxylation sites is 2. The number of aromatic nitrogens is 4. The zero-order valence-electron chi connectivity index (χ0n) is 9.68. The van der Waals surface area contributed by atoms with E-state index in [-0.39, 0.29) is 5.56 Å². The number of hydrogen-bond donors (Lipinski definition) is 2. The van der Waals surface area contributed by atoms with E-state index in [1.807, 2.05) is 24.3 Å². The number of hydrogen-bond acceptors (Lipinski definition) is 2. The van der Waals surface area contributed by atoms with E-state index in [0.717, 1.165) is 16.7 Å². The summed E-state index contributed by atoms with van der Waals surface area (Å²) in [5, 5.41) is 3.13. The van der Waals surface area contributed by atoms with Gasteiger partial charge in [0, 0.05) is 17.7 Å². The Hall–Kier alpha value is -2.30. The third-order valence-electron chi connectivity index (χ3n) is 3.35. The van der Waals surface area contributed by atoms with Gasteiger partial charge in [0.05, 0.1) is 11.0 Å². The fourth-order valence-corrected chi connectivity index (χ4v) is 2.22. The molecule has 1 saturated carbocycles. The number of rotatable bonds is 2. The Kier molecular flexibility index (Phi) is 1.81. The second-order valence-corrected chi connectivity index (χ2v) is 4.74. The first-order chi connectivity index (χ1) is 8.81. The average molecular weight is 240 g/mol. The van der Waals surface area contributed by atoms with Gasteiger partial charge in [-0.05, 0) is 25.0 Å². The number of H-pyrrole nitrogens is 2. The molecule has 2 N–H and O–H groups in total. The van der Waals surface area contributed by atoms with Gasteiger partial charge >= 0.3 is 0 Å². The maximum atomic E-state index is 11.9. The molecule has 1 aromatic carbocycles. The van der Waals surface area contributed by atoms with Crippen molar-refractivity contribution in [2.45, 2.75) is 18.8 Å². The van der Waals surface area contributed by atoms with Gasteiger partial charge in [0.15, 0.2) is 0 Å². The van der Waals surface area contributed by atoms with Crippen molar-refractivity contribution in [1.29, 1.82) is 0 Å². The summed E-state index contributed by atoms with van der Waals surface area (Å²) in [5.74, 6) is 1.08. The zero-order chi connectivity index (χ0) is 12.1. The van der Waals surface area contributed by atoms with Crippen molar-refractivity contribution in [1.82, 2.24) is 19.7 Å². The van der Waals surface area contributed by atoms with Gasteiger partial charge in [-0.15, -0.1) is 0 Å². The number of benzene rings is 1. The Morgan fingerprint density at radius 1 is 1.28 bits per heavy atom. The van der Waals surface area contributed by atoms with Gasteiger partial charge in [-0.1, -0.05) is 12.1 Å². The largest absolute Gasteiger partial charge is 0.322 e. The van der Waals surface area contributed by atoms with Crippen LogP contribution in [0.4, 0.5) is 0 Å². The van der Waals surface area contributed by atoms with Gasteiger partial charge in [-0.3, -0.25) is 9.89 Å². The normalized spacial score (nSPS) is 15.3. The number of nitrogens with one attached hydrogen (secondary N) is 2. The highest BCUT2D eigenvalue weighted by Crippen LogP contribution is 2.38. The standard InChI is InChI=1S/C13H12N4O/c18-12-7-11(8-5-6-8)16-17(12)13-14-9-3-1-2-4-10(9)15-13/h1-4,7-8,16H,5-6H2,(H,14,15). The Labute approximate surface area is 102 Å². The molecule has 2 aromatic heterocycles. The molecule has 4 rings (SSSR count). The Morgan fingerprint density at radius 2 is 2.11 bits per heavy atom. The van der Waals surface area contributed by atoms with E-state index >= 15 is 0 Å². The lowest BCUT2D eigenvalue weighted by Gasteiger charge is -1.95. The lowest BCUT2D eigenvalue weighted by molar-refractivity contribution is 0.778. The Morgan fingerprint density at radius 3 is 2.89 bits per heavy atom. The fraction of sp³-hybridized carbons (Fsp3) is 0.231. The van der Waals surface area contributed by atoms with E-state index in [2.05, 4.69) is 15.1 Å². The number of nitrogens with zero attached hydrogens (tertiary/aromatic N) is 2. The van der Waals surface area contributed by atoms with Crippen LogP contribution in [0.1, 0.15) is 24.5 Å². The minimum absolute atomic E-state index is 0.0593. The summed E-state index contributed by atoms with van der Waals surface area (Å²) < 4.78 is 1.48. The molecule has 90 valence electrons. The SMILES string of the molecule is O=c1cc(C2CC2)[nH]n1-c1nc2ccccc2[nH]1. The number of imidazole rings is 1. The lowest BCUT2D eigenvalue weighted by Crippen LogP contribution is -2.14. The first kappa shape index (κ1) is 9.70. The van der Waals surface area contributed by atoms with Crippen LogP contribution in [0, 0.1) is 0 Å². The molecule has 0 saturated heterocycles. The van der Waals surface area contributed by atoms with Crippen LogP contribution >= 0.6 is 0 Å². The van der Waals surface area contributed by atoms with Gasteiger partial charge in [0.25, 0.3) is 5.56 Å². The van der Waals surface area contributed by atoms with Gasteiger partial charge in [-0.2, -0.15) is 4.68 Å². The third-order valence-corrected chi connectivity index (χ3v) is 3.35. The zero-order valence-corrected chi connectivity index (χ0v) is 9.68. The summed E-state index contributed by atoms with van der Waals surface area (Å²) in [7, 11) is 0. The van der Waals surface area contributed by atoms with Crippen LogP contribution in [-0.4, -0.2) is 19.7 Å². The lowest BCUT2D eigenvalue weighted by atomic mass is 10.3. The van der Waals surface area contributed by atoms with Crippen LogP contribution in [-0.2, 0) is 0 Å². The van der Waals surface area contributed by atoms with Crippen molar-refractivity contribution in [2.24, 2.45) is 0 Å². The highest BCUT2D eigenvalue weighted by Gasteiger charge is 2.26. The molecule has 1 aliphatic rings. The minimum Gasteiger partial charge on any atom is -0.322 e. The average Bonchev–Trinajstić information content (AvgIpc) is 3.01. The molecule has 5 nitrogen and oxygen atoms in total. The highest BCUT2D eigenvalue weighted by atomic mass is 16.1. The van der Waals surface area contributed by atoms with Crippen LogP contribution in [0.2, 0.25) is 0 Å².